The van der Waals surface area contributed by atoms with Gasteiger partial charge in [0.1, 0.15) is 5.78 Å². The van der Waals surface area contributed by atoms with E-state index in [9.17, 15) is 82.4 Å². The number of aliphatic carboxylic acids is 2. The first-order valence-corrected chi connectivity index (χ1v) is 27.6. The van der Waals surface area contributed by atoms with Gasteiger partial charge in [0.25, 0.3) is 0 Å². The number of aromatic nitrogens is 4. The number of hydrogen-bond donors (Lipinski definition) is 13. The molecule has 466 valence electrons. The van der Waals surface area contributed by atoms with Crippen molar-refractivity contribution >= 4 is 82.1 Å². The molecule has 29 heteroatoms. The number of carboxylic acid groups (broad SMARTS) is 2. The van der Waals surface area contributed by atoms with E-state index in [1.54, 1.807) is 14.0 Å². The van der Waals surface area contributed by atoms with Gasteiger partial charge in [0.15, 0.2) is 28.9 Å². The van der Waals surface area contributed by atoms with E-state index in [1.165, 1.54) is 73.5 Å². The maximum absolute atomic E-state index is 14.1. The number of carboxylic acids is 2. The number of hydrogen-bond acceptors (Lipinski definition) is 19. The highest BCUT2D eigenvalue weighted by atomic mass is 16.4. The molecule has 0 aromatic carbocycles. The predicted octanol–water partition coefficient (Wildman–Crippen LogP) is -1.52. The third-order valence-electron chi connectivity index (χ3n) is 14.5. The Bertz CT molecular complexity index is 2620. The first kappa shape index (κ1) is 72.2. The highest BCUT2D eigenvalue weighted by Crippen LogP contribution is 2.21. The highest BCUT2D eigenvalue weighted by molar-refractivity contribution is 5.99. The lowest BCUT2D eigenvalue weighted by atomic mass is 9.90. The van der Waals surface area contributed by atoms with Crippen LogP contribution in [0.4, 0.5) is 0 Å². The van der Waals surface area contributed by atoms with E-state index in [4.69, 9.17) is 10.8 Å². The van der Waals surface area contributed by atoms with E-state index in [-0.39, 0.29) is 31.5 Å². The zero-order chi connectivity index (χ0) is 63.7. The van der Waals surface area contributed by atoms with Crippen molar-refractivity contribution in [3.8, 4) is 0 Å². The molecule has 0 unspecified atom stereocenters. The van der Waals surface area contributed by atoms with Crippen molar-refractivity contribution in [1.82, 2.24) is 51.8 Å². The summed E-state index contributed by atoms with van der Waals surface area (Å²) in [6.45, 7) is 10.9. The Morgan fingerprint density at radius 3 is 1.14 bits per heavy atom. The number of amides is 6. The zero-order valence-corrected chi connectivity index (χ0v) is 48.9. The largest absolute Gasteiger partial charge is 0.481 e. The normalized spacial score (nSPS) is 16.3. The summed E-state index contributed by atoms with van der Waals surface area (Å²) in [5, 5.41) is 55.2. The van der Waals surface area contributed by atoms with Crippen molar-refractivity contribution in [2.75, 3.05) is 7.05 Å². The first-order chi connectivity index (χ1) is 39.3. The Labute approximate surface area is 485 Å². The topological polar surface area (TPSA) is 475 Å². The van der Waals surface area contributed by atoms with E-state index in [0.717, 1.165) is 0 Å². The van der Waals surface area contributed by atoms with E-state index in [1.807, 2.05) is 0 Å². The van der Waals surface area contributed by atoms with Crippen LogP contribution in [0.5, 0.6) is 0 Å². The minimum Gasteiger partial charge on any atom is -0.481 e. The number of nitrogens with two attached hydrogens (primary N) is 1. The van der Waals surface area contributed by atoms with Gasteiger partial charge in [-0.05, 0) is 61.4 Å². The van der Waals surface area contributed by atoms with E-state index >= 15 is 0 Å². The predicted molar refractivity (Wildman–Crippen MR) is 296 cm³/mol. The molecule has 0 radical (unpaired) electrons. The van der Waals surface area contributed by atoms with Crippen LogP contribution in [0.15, 0.2) is 25.0 Å². The van der Waals surface area contributed by atoms with Crippen molar-refractivity contribution < 1.29 is 87.5 Å². The van der Waals surface area contributed by atoms with Crippen LogP contribution >= 0.6 is 0 Å². The Balaban J connectivity index is 2.17. The molecule has 0 spiro atoms. The lowest BCUT2D eigenvalue weighted by molar-refractivity contribution is -0.139. The molecule has 2 heterocycles. The summed E-state index contributed by atoms with van der Waals surface area (Å²) in [5.41, 5.74) is 6.16. The average molecular weight is 1190 g/mol. The van der Waals surface area contributed by atoms with Gasteiger partial charge in [-0.2, -0.15) is 0 Å². The monoisotopic (exact) mass is 1190 g/mol. The molecule has 2 aromatic heterocycles. The second-order valence-electron chi connectivity index (χ2n) is 21.6. The second kappa shape index (κ2) is 35.3. The number of aromatic amines is 2. The number of carbonyl (C=O) groups excluding carboxylic acids is 12. The summed E-state index contributed by atoms with van der Waals surface area (Å²) in [5.74, 6) is -18.9. The molecule has 29 nitrogen and oxygen atoms in total. The average Bonchev–Trinajstić information content (AvgIpc) is 4.29. The number of aliphatic hydroxyl groups is 2. The number of nitrogens with zero attached hydrogens (tertiary/aromatic N) is 2. The van der Waals surface area contributed by atoms with Crippen molar-refractivity contribution in [3.63, 3.8) is 0 Å². The third kappa shape index (κ3) is 24.9. The van der Waals surface area contributed by atoms with Crippen LogP contribution in [-0.2, 0) is 80.0 Å². The number of H-pyrrole nitrogens is 2. The van der Waals surface area contributed by atoms with Gasteiger partial charge in [-0.25, -0.2) is 9.97 Å². The molecule has 2 rings (SSSR count). The number of aliphatic hydroxyl groups excluding tert-OH is 2. The molecule has 0 aliphatic rings. The van der Waals surface area contributed by atoms with Gasteiger partial charge < -0.3 is 68.0 Å². The van der Waals surface area contributed by atoms with Crippen molar-refractivity contribution in [2.45, 2.75) is 181 Å². The quantitative estimate of drug-likeness (QED) is 0.0359. The molecule has 0 aliphatic carbocycles. The number of ketones is 6. The summed E-state index contributed by atoms with van der Waals surface area (Å²) in [6, 6.07) is -7.06. The van der Waals surface area contributed by atoms with Crippen LogP contribution in [0.2, 0.25) is 0 Å². The number of primary amides is 1. The molecular weight excluding hydrogens is 1100 g/mol. The van der Waals surface area contributed by atoms with E-state index in [2.05, 4.69) is 51.8 Å². The number of carbonyl (C=O) groups is 14. The van der Waals surface area contributed by atoms with Crippen molar-refractivity contribution in [3.05, 3.63) is 36.4 Å². The van der Waals surface area contributed by atoms with E-state index in [0.29, 0.717) is 11.4 Å². The van der Waals surface area contributed by atoms with Crippen LogP contribution in [0.1, 0.15) is 131 Å². The van der Waals surface area contributed by atoms with Gasteiger partial charge in [0, 0.05) is 112 Å². The number of rotatable bonds is 42. The third-order valence-corrected chi connectivity index (χ3v) is 14.5. The van der Waals surface area contributed by atoms with Gasteiger partial charge in [0.2, 0.25) is 35.4 Å². The molecule has 2 aromatic rings. The fourth-order valence-corrected chi connectivity index (χ4v) is 8.66. The highest BCUT2D eigenvalue weighted by Gasteiger charge is 2.37. The Kier molecular flexibility index (Phi) is 30.3. The van der Waals surface area contributed by atoms with Crippen molar-refractivity contribution in [1.29, 1.82) is 0 Å². The standard InChI is InChI=1S/C55H83N11O18/c1-26(14-42(69)28(3)57-9)51(80)62-30(5)44(71)21-39(33(8)68)55(84)66-41(19-37-23-59-25-61-37)47(74)17-35(11-13-49(77)78)53(82)64-29(4)43(70)15-27(2)52(81)63-31(6)45(72)20-38(32(7)67)54(83)65-40(18-36-22-58-24-60-36)46(73)16-34(50(56)79)10-12-48(75)76/h22-35,38-41,57,67-68H,10-21H2,1-9H3,(H2,56,79)(H,58,60)(H,59,61)(H,62,80)(H,63,81)(H,64,82)(H,65,83)(H,66,84)(H,75,76)(H,77,78)/t26-,27-,28+,29+,30+,31+,32-,33-,34-,35-,38+,39+,40+,41+/m0/s1. The van der Waals surface area contributed by atoms with Gasteiger partial charge >= 0.3 is 11.9 Å². The summed E-state index contributed by atoms with van der Waals surface area (Å²) >= 11 is 0. The number of nitrogens with one attached hydrogen (secondary N) is 8. The summed E-state index contributed by atoms with van der Waals surface area (Å²) in [6.07, 6.45) is -2.79. The number of imidazole rings is 2. The second-order valence-corrected chi connectivity index (χ2v) is 21.6. The molecule has 14 atom stereocenters. The van der Waals surface area contributed by atoms with Crippen molar-refractivity contribution in [2.24, 2.45) is 41.2 Å². The summed E-state index contributed by atoms with van der Waals surface area (Å²) in [4.78, 5) is 196. The molecule has 0 fully saturated rings. The van der Waals surface area contributed by atoms with Crippen LogP contribution in [0.3, 0.4) is 0 Å². The fourth-order valence-electron chi connectivity index (χ4n) is 8.66. The molecule has 6 amide bonds. The van der Waals surface area contributed by atoms with Crippen LogP contribution < -0.4 is 37.6 Å². The molecule has 84 heavy (non-hydrogen) atoms. The minimum absolute atomic E-state index is 0.109. The lowest BCUT2D eigenvalue weighted by Gasteiger charge is -2.26. The molecule has 0 bridgehead atoms. The zero-order valence-electron chi connectivity index (χ0n) is 48.9. The smallest absolute Gasteiger partial charge is 0.303 e. The molecule has 0 saturated carbocycles. The van der Waals surface area contributed by atoms with Gasteiger partial charge in [0.05, 0.1) is 72.9 Å². The Morgan fingerprint density at radius 1 is 0.464 bits per heavy atom. The summed E-state index contributed by atoms with van der Waals surface area (Å²) < 4.78 is 0. The molecule has 14 N–H and O–H groups in total. The SMILES string of the molecule is CN[C@H](C)C(=O)C[C@H](C)C(=O)N[C@H](C)C(=O)C[C@@H](C(=O)N[C@H](Cc1cnc[nH]1)C(=O)C[C@H](CCC(=O)O)C(=O)N[C@H](C)C(=O)C[C@H](C)C(=O)N[C@H](C)C(=O)C[C@@H](C(=O)N[C@H](Cc1cnc[nH]1)C(=O)C[C@H](CCC(=O)O)C(N)=O)[C@H](C)O)[C@H](C)O. The minimum atomic E-state index is -1.48. The maximum atomic E-state index is 14.1. The molecular formula is C55H83N11O18. The fraction of sp³-hybridized carbons (Fsp3) is 0.636. The Morgan fingerprint density at radius 2 is 0.810 bits per heavy atom. The molecule has 0 saturated heterocycles. The van der Waals surface area contributed by atoms with Crippen LogP contribution in [0.25, 0.3) is 0 Å². The number of likely N-dealkylation sites (N-methyl/N-ethyl adjacent to an activating group) is 1. The lowest BCUT2D eigenvalue weighted by Crippen LogP contribution is -2.50. The first-order valence-electron chi connectivity index (χ1n) is 27.6. The van der Waals surface area contributed by atoms with Crippen LogP contribution in [0, 0.1) is 35.5 Å². The van der Waals surface area contributed by atoms with E-state index < -0.39 is 212 Å². The Hall–Kier alpha value is -7.92. The molecule has 0 aliphatic heterocycles. The van der Waals surface area contributed by atoms with Gasteiger partial charge in [-0.1, -0.05) is 13.8 Å². The van der Waals surface area contributed by atoms with Crippen LogP contribution in [-0.4, -0.2) is 178 Å². The maximum Gasteiger partial charge on any atom is 0.303 e. The van der Waals surface area contributed by atoms with Gasteiger partial charge in [-0.3, -0.25) is 67.1 Å². The van der Waals surface area contributed by atoms with Gasteiger partial charge in [-0.15, -0.1) is 0 Å². The number of Topliss-reactive ketones (excluding diaryl/α,β-unsaturated/α-hetero) is 6. The summed E-state index contributed by atoms with van der Waals surface area (Å²) in [7, 11) is 1.59.